The first-order valence-electron chi connectivity index (χ1n) is 7.55. The molecule has 4 amide bonds. The molecule has 1 aromatic rings. The molecule has 2 saturated heterocycles. The molecule has 1 N–H and O–H groups in total. The number of urea groups is 2. The lowest BCUT2D eigenvalue weighted by atomic mass is 10.1. The highest BCUT2D eigenvalue weighted by atomic mass is 16.5. The number of nitrogens with one attached hydrogen (secondary N) is 1. The molecule has 2 fully saturated rings. The third-order valence-corrected chi connectivity index (χ3v) is 3.81. The van der Waals surface area contributed by atoms with Crippen molar-refractivity contribution in [3.8, 4) is 11.9 Å². The van der Waals surface area contributed by atoms with Crippen LogP contribution in [0.4, 0.5) is 9.59 Å². The van der Waals surface area contributed by atoms with Crippen LogP contribution in [0.5, 0.6) is 11.9 Å². The lowest BCUT2D eigenvalue weighted by Crippen LogP contribution is -2.50. The first kappa shape index (κ1) is 15.3. The van der Waals surface area contributed by atoms with Gasteiger partial charge in [-0.15, -0.1) is 0 Å². The van der Waals surface area contributed by atoms with Crippen LogP contribution in [0.3, 0.4) is 0 Å². The molecule has 0 aromatic carbocycles. The average molecular weight is 321 g/mol. The Hall–Kier alpha value is -2.58. The fraction of sp³-hybridized carbons (Fsp3) is 0.571. The molecule has 0 bridgehead atoms. The summed E-state index contributed by atoms with van der Waals surface area (Å²) < 4.78 is 10.8. The Labute approximate surface area is 133 Å². The summed E-state index contributed by atoms with van der Waals surface area (Å²) in [5, 5.41) is 2.63. The van der Waals surface area contributed by atoms with Crippen LogP contribution in [-0.2, 0) is 0 Å². The predicted molar refractivity (Wildman–Crippen MR) is 79.3 cm³/mol. The van der Waals surface area contributed by atoms with Crippen molar-refractivity contribution in [3.05, 3.63) is 12.3 Å². The monoisotopic (exact) mass is 321 g/mol. The molecule has 2 aliphatic heterocycles. The Kier molecular flexibility index (Phi) is 4.45. The summed E-state index contributed by atoms with van der Waals surface area (Å²) >= 11 is 0. The summed E-state index contributed by atoms with van der Waals surface area (Å²) in [6.45, 7) is 1.95. The first-order valence-corrected chi connectivity index (χ1v) is 7.55. The SMILES string of the molecule is COc1nccc(OC2CCCN(C(=O)N3CCNC3=O)C2)n1. The van der Waals surface area contributed by atoms with E-state index in [0.29, 0.717) is 32.1 Å². The van der Waals surface area contributed by atoms with Gasteiger partial charge >= 0.3 is 18.1 Å². The number of amides is 4. The Morgan fingerprint density at radius 3 is 3.04 bits per heavy atom. The molecule has 9 heteroatoms. The highest BCUT2D eigenvalue weighted by molar-refractivity contribution is 5.95. The number of likely N-dealkylation sites (tertiary alicyclic amines) is 1. The van der Waals surface area contributed by atoms with Gasteiger partial charge in [0.25, 0.3) is 0 Å². The molecular formula is C14H19N5O4. The number of nitrogens with zero attached hydrogens (tertiary/aromatic N) is 4. The maximum absolute atomic E-state index is 12.4. The summed E-state index contributed by atoms with van der Waals surface area (Å²) in [4.78, 5) is 34.9. The molecule has 2 aliphatic rings. The van der Waals surface area contributed by atoms with Crippen molar-refractivity contribution in [2.24, 2.45) is 0 Å². The van der Waals surface area contributed by atoms with E-state index in [1.807, 2.05) is 0 Å². The highest BCUT2D eigenvalue weighted by Crippen LogP contribution is 2.19. The fourth-order valence-electron chi connectivity index (χ4n) is 2.69. The first-order chi connectivity index (χ1) is 11.2. The van der Waals surface area contributed by atoms with Crippen LogP contribution in [0.15, 0.2) is 12.3 Å². The van der Waals surface area contributed by atoms with Crippen LogP contribution >= 0.6 is 0 Å². The second kappa shape index (κ2) is 6.67. The van der Waals surface area contributed by atoms with Crippen LogP contribution in [0.2, 0.25) is 0 Å². The maximum Gasteiger partial charge on any atom is 0.328 e. The average Bonchev–Trinajstić information content (AvgIpc) is 3.00. The van der Waals surface area contributed by atoms with E-state index in [0.717, 1.165) is 12.8 Å². The molecule has 23 heavy (non-hydrogen) atoms. The normalized spacial score (nSPS) is 21.1. The van der Waals surface area contributed by atoms with Crippen LogP contribution in [0.25, 0.3) is 0 Å². The van der Waals surface area contributed by atoms with Crippen molar-refractivity contribution in [2.75, 3.05) is 33.3 Å². The number of ether oxygens (including phenoxy) is 2. The Balaban J connectivity index is 1.61. The molecule has 3 rings (SSSR count). The van der Waals surface area contributed by atoms with Gasteiger partial charge in [-0.1, -0.05) is 0 Å². The lowest BCUT2D eigenvalue weighted by molar-refractivity contribution is 0.0875. The Morgan fingerprint density at radius 1 is 1.43 bits per heavy atom. The highest BCUT2D eigenvalue weighted by Gasteiger charge is 2.33. The molecule has 0 spiro atoms. The summed E-state index contributed by atoms with van der Waals surface area (Å²) in [5.41, 5.74) is 0. The molecule has 0 saturated carbocycles. The van der Waals surface area contributed by atoms with Crippen molar-refractivity contribution in [1.82, 2.24) is 25.1 Å². The minimum absolute atomic E-state index is 0.169. The topological polar surface area (TPSA) is 96.9 Å². The van der Waals surface area contributed by atoms with Gasteiger partial charge in [-0.25, -0.2) is 19.5 Å². The van der Waals surface area contributed by atoms with Gasteiger partial charge in [0.15, 0.2) is 0 Å². The Morgan fingerprint density at radius 2 is 2.30 bits per heavy atom. The van der Waals surface area contributed by atoms with Crippen molar-refractivity contribution < 1.29 is 19.1 Å². The number of hydrogen-bond donors (Lipinski definition) is 1. The zero-order chi connectivity index (χ0) is 16.2. The van der Waals surface area contributed by atoms with E-state index in [4.69, 9.17) is 9.47 Å². The number of rotatable bonds is 3. The number of aromatic nitrogens is 2. The van der Waals surface area contributed by atoms with Crippen molar-refractivity contribution in [3.63, 3.8) is 0 Å². The number of carbonyl (C=O) groups is 2. The number of piperidine rings is 1. The maximum atomic E-state index is 12.4. The molecule has 124 valence electrons. The molecule has 1 aromatic heterocycles. The fourth-order valence-corrected chi connectivity index (χ4v) is 2.69. The van der Waals surface area contributed by atoms with Gasteiger partial charge in [-0.3, -0.25) is 0 Å². The number of methoxy groups -OCH3 is 1. The van der Waals surface area contributed by atoms with Gasteiger partial charge in [0.2, 0.25) is 5.88 Å². The third-order valence-electron chi connectivity index (χ3n) is 3.81. The summed E-state index contributed by atoms with van der Waals surface area (Å²) in [6, 6.07) is 1.28. The molecule has 1 unspecified atom stereocenters. The van der Waals surface area contributed by atoms with Crippen LogP contribution in [0.1, 0.15) is 12.8 Å². The number of imide groups is 1. The standard InChI is InChI=1S/C14H19N5O4/c1-22-12-15-5-4-11(17-12)23-10-3-2-7-18(9-10)14(21)19-8-6-16-13(19)20/h4-5,10H,2-3,6-9H2,1H3,(H,16,20). The minimum atomic E-state index is -0.335. The van der Waals surface area contributed by atoms with E-state index in [-0.39, 0.29) is 24.2 Å². The van der Waals surface area contributed by atoms with Crippen molar-refractivity contribution in [2.45, 2.75) is 18.9 Å². The molecule has 3 heterocycles. The van der Waals surface area contributed by atoms with Crippen LogP contribution < -0.4 is 14.8 Å². The van der Waals surface area contributed by atoms with E-state index >= 15 is 0 Å². The van der Waals surface area contributed by atoms with Gasteiger partial charge in [-0.2, -0.15) is 4.98 Å². The number of hydrogen-bond acceptors (Lipinski definition) is 6. The zero-order valence-corrected chi connectivity index (χ0v) is 12.9. The van der Waals surface area contributed by atoms with Gasteiger partial charge in [0, 0.05) is 31.9 Å². The molecule has 0 radical (unpaired) electrons. The van der Waals surface area contributed by atoms with E-state index in [1.165, 1.54) is 12.0 Å². The van der Waals surface area contributed by atoms with Crippen LogP contribution in [-0.4, -0.2) is 71.2 Å². The Bertz CT molecular complexity index is 596. The summed E-state index contributed by atoms with van der Waals surface area (Å²) in [5.74, 6) is 0.412. The van der Waals surface area contributed by atoms with Crippen LogP contribution in [0, 0.1) is 0 Å². The second-order valence-electron chi connectivity index (χ2n) is 5.38. The molecule has 9 nitrogen and oxygen atoms in total. The summed E-state index contributed by atoms with van der Waals surface area (Å²) in [7, 11) is 1.49. The van der Waals surface area contributed by atoms with E-state index in [1.54, 1.807) is 17.2 Å². The lowest BCUT2D eigenvalue weighted by Gasteiger charge is -2.34. The quantitative estimate of drug-likeness (QED) is 0.869. The van der Waals surface area contributed by atoms with Crippen molar-refractivity contribution >= 4 is 12.1 Å². The van der Waals surface area contributed by atoms with Gasteiger partial charge < -0.3 is 19.7 Å². The minimum Gasteiger partial charge on any atom is -0.472 e. The zero-order valence-electron chi connectivity index (χ0n) is 12.9. The summed E-state index contributed by atoms with van der Waals surface area (Å²) in [6.07, 6.45) is 3.02. The second-order valence-corrected chi connectivity index (χ2v) is 5.38. The smallest absolute Gasteiger partial charge is 0.328 e. The van der Waals surface area contributed by atoms with Crippen molar-refractivity contribution in [1.29, 1.82) is 0 Å². The van der Waals surface area contributed by atoms with E-state index in [9.17, 15) is 9.59 Å². The van der Waals surface area contributed by atoms with E-state index in [2.05, 4.69) is 15.3 Å². The largest absolute Gasteiger partial charge is 0.472 e. The predicted octanol–water partition coefficient (Wildman–Crippen LogP) is 0.474. The number of carbonyl (C=O) groups excluding carboxylic acids is 2. The van der Waals surface area contributed by atoms with Gasteiger partial charge in [-0.05, 0) is 12.8 Å². The van der Waals surface area contributed by atoms with Gasteiger partial charge in [0.1, 0.15) is 6.10 Å². The molecule has 0 aliphatic carbocycles. The molecule has 1 atom stereocenters. The van der Waals surface area contributed by atoms with Gasteiger partial charge in [0.05, 0.1) is 13.7 Å². The molecular weight excluding hydrogens is 302 g/mol. The third kappa shape index (κ3) is 3.43. The van der Waals surface area contributed by atoms with E-state index < -0.39 is 0 Å².